The summed E-state index contributed by atoms with van der Waals surface area (Å²) in [5, 5.41) is 1.08. The molecule has 14 heavy (non-hydrogen) atoms. The Morgan fingerprint density at radius 3 is 2.93 bits per heavy atom. The minimum Gasteiger partial charge on any atom is -0.398 e. The SMILES string of the molecule is C=C(CC)c1cc2c(N)cccc2[nH]1. The smallest absolute Gasteiger partial charge is 0.0479 e. The highest BCUT2D eigenvalue weighted by atomic mass is 14.7. The summed E-state index contributed by atoms with van der Waals surface area (Å²) in [6, 6.07) is 7.95. The van der Waals surface area contributed by atoms with Gasteiger partial charge in [0.2, 0.25) is 0 Å². The van der Waals surface area contributed by atoms with E-state index < -0.39 is 0 Å². The molecule has 0 unspecified atom stereocenters. The largest absolute Gasteiger partial charge is 0.398 e. The number of fused-ring (bicyclic) bond motifs is 1. The van der Waals surface area contributed by atoms with Gasteiger partial charge in [0.15, 0.2) is 0 Å². The van der Waals surface area contributed by atoms with E-state index in [1.165, 1.54) is 0 Å². The lowest BCUT2D eigenvalue weighted by molar-refractivity contribution is 1.22. The first-order valence-corrected chi connectivity index (χ1v) is 4.77. The van der Waals surface area contributed by atoms with Crippen LogP contribution in [0.1, 0.15) is 19.0 Å². The number of nitrogens with two attached hydrogens (primary N) is 1. The van der Waals surface area contributed by atoms with Crippen LogP contribution in [0.3, 0.4) is 0 Å². The van der Waals surface area contributed by atoms with Crippen molar-refractivity contribution in [3.63, 3.8) is 0 Å². The van der Waals surface area contributed by atoms with E-state index in [0.29, 0.717) is 0 Å². The van der Waals surface area contributed by atoms with Gasteiger partial charge in [0.05, 0.1) is 0 Å². The van der Waals surface area contributed by atoms with E-state index in [0.717, 1.165) is 34.3 Å². The van der Waals surface area contributed by atoms with Gasteiger partial charge in [-0.25, -0.2) is 0 Å². The Hall–Kier alpha value is -1.70. The molecular weight excluding hydrogens is 172 g/mol. The van der Waals surface area contributed by atoms with Gasteiger partial charge in [0, 0.05) is 22.3 Å². The number of H-pyrrole nitrogens is 1. The molecule has 0 saturated carbocycles. The average molecular weight is 186 g/mol. The molecule has 0 fully saturated rings. The number of nitrogen functional groups attached to an aromatic ring is 1. The first-order valence-electron chi connectivity index (χ1n) is 4.77. The predicted molar refractivity (Wildman–Crippen MR) is 62.0 cm³/mol. The monoisotopic (exact) mass is 186 g/mol. The molecule has 2 nitrogen and oxygen atoms in total. The van der Waals surface area contributed by atoms with Crippen molar-refractivity contribution in [2.75, 3.05) is 5.73 Å². The highest BCUT2D eigenvalue weighted by Gasteiger charge is 2.04. The van der Waals surface area contributed by atoms with Crippen LogP contribution in [0.4, 0.5) is 5.69 Å². The number of nitrogens with one attached hydrogen (secondary N) is 1. The molecule has 2 aromatic rings. The summed E-state index contributed by atoms with van der Waals surface area (Å²) in [5.74, 6) is 0. The molecule has 1 heterocycles. The van der Waals surface area contributed by atoms with Crippen LogP contribution >= 0.6 is 0 Å². The van der Waals surface area contributed by atoms with Gasteiger partial charge in [0.25, 0.3) is 0 Å². The highest BCUT2D eigenvalue weighted by Crippen LogP contribution is 2.25. The third kappa shape index (κ3) is 1.29. The summed E-state index contributed by atoms with van der Waals surface area (Å²) in [7, 11) is 0. The van der Waals surface area contributed by atoms with Crippen LogP contribution in [0.25, 0.3) is 16.5 Å². The van der Waals surface area contributed by atoms with E-state index in [1.54, 1.807) is 0 Å². The number of benzene rings is 1. The van der Waals surface area contributed by atoms with Crippen LogP contribution in [-0.2, 0) is 0 Å². The van der Waals surface area contributed by atoms with Crippen molar-refractivity contribution in [1.82, 2.24) is 4.98 Å². The van der Waals surface area contributed by atoms with Crippen LogP contribution in [0, 0.1) is 0 Å². The lowest BCUT2D eigenvalue weighted by atomic mass is 10.1. The normalized spacial score (nSPS) is 10.6. The second-order valence-corrected chi connectivity index (χ2v) is 3.45. The van der Waals surface area contributed by atoms with Gasteiger partial charge in [-0.3, -0.25) is 0 Å². The Bertz CT molecular complexity index is 480. The Morgan fingerprint density at radius 1 is 1.50 bits per heavy atom. The molecule has 0 aliphatic carbocycles. The van der Waals surface area contributed by atoms with Crippen LogP contribution in [0.2, 0.25) is 0 Å². The summed E-state index contributed by atoms with van der Waals surface area (Å²) >= 11 is 0. The van der Waals surface area contributed by atoms with Gasteiger partial charge in [-0.2, -0.15) is 0 Å². The zero-order valence-electron chi connectivity index (χ0n) is 8.30. The van der Waals surface area contributed by atoms with Crippen LogP contribution in [0.5, 0.6) is 0 Å². The Labute approximate surface area is 83.4 Å². The molecule has 0 amide bonds. The quantitative estimate of drug-likeness (QED) is 0.695. The van der Waals surface area contributed by atoms with Crippen LogP contribution < -0.4 is 5.73 Å². The van der Waals surface area contributed by atoms with Gasteiger partial charge in [-0.1, -0.05) is 19.6 Å². The van der Waals surface area contributed by atoms with Gasteiger partial charge in [0.1, 0.15) is 0 Å². The number of aromatic amines is 1. The predicted octanol–water partition coefficient (Wildman–Crippen LogP) is 3.17. The summed E-state index contributed by atoms with van der Waals surface area (Å²) in [6.07, 6.45) is 0.951. The van der Waals surface area contributed by atoms with Crippen molar-refractivity contribution in [2.24, 2.45) is 0 Å². The number of allylic oxidation sites excluding steroid dienone is 1. The summed E-state index contributed by atoms with van der Waals surface area (Å²) in [6.45, 7) is 6.09. The molecule has 1 aromatic heterocycles. The van der Waals surface area contributed by atoms with Gasteiger partial charge >= 0.3 is 0 Å². The molecule has 1 aromatic carbocycles. The zero-order chi connectivity index (χ0) is 10.1. The summed E-state index contributed by atoms with van der Waals surface area (Å²) < 4.78 is 0. The van der Waals surface area contributed by atoms with Gasteiger partial charge in [-0.05, 0) is 30.2 Å². The maximum Gasteiger partial charge on any atom is 0.0479 e. The molecule has 2 heteroatoms. The molecule has 0 saturated heterocycles. The number of hydrogen-bond acceptors (Lipinski definition) is 1. The van der Waals surface area contributed by atoms with Crippen molar-refractivity contribution < 1.29 is 0 Å². The van der Waals surface area contributed by atoms with Crippen molar-refractivity contribution in [1.29, 1.82) is 0 Å². The average Bonchev–Trinajstić information content (AvgIpc) is 2.62. The molecule has 0 atom stereocenters. The lowest BCUT2D eigenvalue weighted by Crippen LogP contribution is -1.82. The van der Waals surface area contributed by atoms with Crippen molar-refractivity contribution in [2.45, 2.75) is 13.3 Å². The fraction of sp³-hybridized carbons (Fsp3) is 0.167. The molecule has 3 N–H and O–H groups in total. The van der Waals surface area contributed by atoms with Crippen LogP contribution in [-0.4, -0.2) is 4.98 Å². The van der Waals surface area contributed by atoms with E-state index in [4.69, 9.17) is 5.73 Å². The highest BCUT2D eigenvalue weighted by molar-refractivity contribution is 5.93. The van der Waals surface area contributed by atoms with Crippen molar-refractivity contribution in [3.8, 4) is 0 Å². The molecule has 0 aliphatic heterocycles. The van der Waals surface area contributed by atoms with E-state index in [-0.39, 0.29) is 0 Å². The Morgan fingerprint density at radius 2 is 2.29 bits per heavy atom. The molecule has 2 rings (SSSR count). The van der Waals surface area contributed by atoms with Crippen molar-refractivity contribution >= 4 is 22.2 Å². The van der Waals surface area contributed by atoms with Crippen LogP contribution in [0.15, 0.2) is 30.8 Å². The molecule has 0 spiro atoms. The maximum absolute atomic E-state index is 5.86. The minimum absolute atomic E-state index is 0.814. The first kappa shape index (κ1) is 8.88. The van der Waals surface area contributed by atoms with Crippen molar-refractivity contribution in [3.05, 3.63) is 36.5 Å². The second kappa shape index (κ2) is 3.22. The van der Waals surface area contributed by atoms with Gasteiger partial charge in [-0.15, -0.1) is 0 Å². The number of hydrogen-bond donors (Lipinski definition) is 2. The maximum atomic E-state index is 5.86. The molecule has 0 bridgehead atoms. The third-order valence-electron chi connectivity index (χ3n) is 2.51. The zero-order valence-corrected chi connectivity index (χ0v) is 8.30. The molecule has 0 radical (unpaired) electrons. The fourth-order valence-electron chi connectivity index (χ4n) is 1.56. The topological polar surface area (TPSA) is 41.8 Å². The van der Waals surface area contributed by atoms with Gasteiger partial charge < -0.3 is 10.7 Å². The molecular formula is C12H14N2. The summed E-state index contributed by atoms with van der Waals surface area (Å²) in [5.41, 5.74) is 9.95. The van der Waals surface area contributed by atoms with E-state index >= 15 is 0 Å². The first-order chi connectivity index (χ1) is 6.72. The standard InChI is InChI=1S/C12H14N2/c1-3-8(2)12-7-9-10(13)5-4-6-11(9)14-12/h4-7,14H,2-3,13H2,1H3. The number of rotatable bonds is 2. The molecule has 0 aliphatic rings. The molecule has 72 valence electrons. The number of aromatic nitrogens is 1. The Kier molecular flexibility index (Phi) is 2.04. The fourth-order valence-corrected chi connectivity index (χ4v) is 1.56. The van der Waals surface area contributed by atoms with E-state index in [2.05, 4.69) is 24.6 Å². The number of anilines is 1. The second-order valence-electron chi connectivity index (χ2n) is 3.45. The van der Waals surface area contributed by atoms with E-state index in [1.807, 2.05) is 18.2 Å². The third-order valence-corrected chi connectivity index (χ3v) is 2.51. The minimum atomic E-state index is 0.814. The van der Waals surface area contributed by atoms with E-state index in [9.17, 15) is 0 Å². The lowest BCUT2D eigenvalue weighted by Gasteiger charge is -1.95. The Balaban J connectivity index is 2.62. The summed E-state index contributed by atoms with van der Waals surface area (Å²) in [4.78, 5) is 3.31.